The predicted octanol–water partition coefficient (Wildman–Crippen LogP) is 6.95. The van der Waals surface area contributed by atoms with Crippen LogP contribution in [0.5, 0.6) is 0 Å². The topological polar surface area (TPSA) is 85.2 Å². The zero-order valence-corrected chi connectivity index (χ0v) is 20.9. The van der Waals surface area contributed by atoms with Crippen molar-refractivity contribution in [3.8, 4) is 0 Å². The highest BCUT2D eigenvalue weighted by molar-refractivity contribution is 7.48. The second-order valence-electron chi connectivity index (χ2n) is 8.04. The van der Waals surface area contributed by atoms with E-state index in [0.29, 0.717) is 19.4 Å². The molecule has 0 saturated carbocycles. The molecule has 0 bridgehead atoms. The van der Waals surface area contributed by atoms with Gasteiger partial charge in [0.05, 0.1) is 19.8 Å². The first-order chi connectivity index (χ1) is 15.2. The molecular weight excluding hydrogens is 415 g/mol. The fraction of sp³-hybridized carbons (Fsp3) is 0.917. The Kier molecular flexibility index (Phi) is 24.2. The molecular formula is C24H49O6P. The summed E-state index contributed by atoms with van der Waals surface area (Å²) < 4.78 is 28.3. The van der Waals surface area contributed by atoms with Crippen molar-refractivity contribution in [2.75, 3.05) is 33.0 Å². The maximum atomic E-state index is 12.5. The fourth-order valence-corrected chi connectivity index (χ4v) is 4.40. The lowest BCUT2D eigenvalue weighted by Crippen LogP contribution is -2.05. The summed E-state index contributed by atoms with van der Waals surface area (Å²) in [6.07, 6.45) is 22.7. The van der Waals surface area contributed by atoms with Gasteiger partial charge in [0.1, 0.15) is 0 Å². The van der Waals surface area contributed by atoms with Gasteiger partial charge in [-0.15, -0.1) is 0 Å². The Balaban J connectivity index is 3.58. The van der Waals surface area contributed by atoms with E-state index in [1.54, 1.807) is 0 Å². The lowest BCUT2D eigenvalue weighted by Gasteiger charge is -2.17. The second-order valence-corrected chi connectivity index (χ2v) is 9.71. The molecule has 0 radical (unpaired) electrons. The zero-order valence-electron chi connectivity index (χ0n) is 20.0. The summed E-state index contributed by atoms with van der Waals surface area (Å²) in [6, 6.07) is 0. The summed E-state index contributed by atoms with van der Waals surface area (Å²) in [4.78, 5) is 0. The number of phosphoric ester groups is 1. The Hall–Kier alpha value is -0.230. The van der Waals surface area contributed by atoms with Gasteiger partial charge in [0.25, 0.3) is 0 Å². The third kappa shape index (κ3) is 22.7. The minimum Gasteiger partial charge on any atom is -0.396 e. The molecule has 6 nitrogen and oxygen atoms in total. The lowest BCUT2D eigenvalue weighted by molar-refractivity contribution is 0.100. The van der Waals surface area contributed by atoms with Gasteiger partial charge in [-0.2, -0.15) is 0 Å². The zero-order chi connectivity index (χ0) is 22.9. The van der Waals surface area contributed by atoms with Crippen molar-refractivity contribution in [2.24, 2.45) is 0 Å². The third-order valence-corrected chi connectivity index (χ3v) is 6.51. The molecule has 2 N–H and O–H groups in total. The fourth-order valence-electron chi connectivity index (χ4n) is 3.12. The molecule has 0 aliphatic heterocycles. The van der Waals surface area contributed by atoms with Crippen LogP contribution in [0.1, 0.15) is 110 Å². The van der Waals surface area contributed by atoms with E-state index in [1.165, 1.54) is 70.6 Å². The summed E-state index contributed by atoms with van der Waals surface area (Å²) in [5, 5.41) is 17.6. The predicted molar refractivity (Wildman–Crippen MR) is 128 cm³/mol. The van der Waals surface area contributed by atoms with Crippen molar-refractivity contribution in [1.29, 1.82) is 0 Å². The summed E-state index contributed by atoms with van der Waals surface area (Å²) in [7, 11) is -3.60. The number of rotatable bonds is 25. The molecule has 0 aromatic rings. The molecule has 0 aliphatic rings. The van der Waals surface area contributed by atoms with Gasteiger partial charge in [-0.05, 0) is 44.9 Å². The summed E-state index contributed by atoms with van der Waals surface area (Å²) >= 11 is 0. The van der Waals surface area contributed by atoms with Crippen LogP contribution in [-0.4, -0.2) is 43.2 Å². The quantitative estimate of drug-likeness (QED) is 0.0864. The number of hydrogen-bond donors (Lipinski definition) is 2. The highest BCUT2D eigenvalue weighted by Gasteiger charge is 2.26. The maximum Gasteiger partial charge on any atom is 0.474 e. The van der Waals surface area contributed by atoms with Crippen molar-refractivity contribution in [3.63, 3.8) is 0 Å². The highest BCUT2D eigenvalue weighted by atomic mass is 31.2. The van der Waals surface area contributed by atoms with Crippen molar-refractivity contribution >= 4 is 7.82 Å². The van der Waals surface area contributed by atoms with Crippen LogP contribution in [0.3, 0.4) is 0 Å². The van der Waals surface area contributed by atoms with E-state index in [0.717, 1.165) is 19.3 Å². The van der Waals surface area contributed by atoms with E-state index < -0.39 is 7.82 Å². The largest absolute Gasteiger partial charge is 0.474 e. The Morgan fingerprint density at radius 2 is 0.968 bits per heavy atom. The van der Waals surface area contributed by atoms with Crippen LogP contribution in [-0.2, 0) is 18.1 Å². The molecule has 0 saturated heterocycles. The molecule has 31 heavy (non-hydrogen) atoms. The van der Waals surface area contributed by atoms with Crippen LogP contribution >= 0.6 is 7.82 Å². The van der Waals surface area contributed by atoms with Crippen molar-refractivity contribution in [3.05, 3.63) is 12.2 Å². The number of hydrogen-bond acceptors (Lipinski definition) is 6. The lowest BCUT2D eigenvalue weighted by atomic mass is 10.1. The molecule has 0 aromatic heterocycles. The summed E-state index contributed by atoms with van der Waals surface area (Å²) in [5.41, 5.74) is 0. The SMILES string of the molecule is CCCCCCCCC=CCCCCCCCCOP(=O)(OCCCO)OCCCO. The molecule has 7 heteroatoms. The molecule has 0 heterocycles. The van der Waals surface area contributed by atoms with Crippen LogP contribution < -0.4 is 0 Å². The van der Waals surface area contributed by atoms with E-state index in [4.69, 9.17) is 23.8 Å². The molecule has 0 fully saturated rings. The van der Waals surface area contributed by atoms with E-state index in [-0.39, 0.29) is 26.4 Å². The minimum atomic E-state index is -3.60. The summed E-state index contributed by atoms with van der Waals surface area (Å²) in [6.45, 7) is 2.77. The number of allylic oxidation sites excluding steroid dienone is 2. The van der Waals surface area contributed by atoms with E-state index in [1.807, 2.05) is 0 Å². The smallest absolute Gasteiger partial charge is 0.396 e. The van der Waals surface area contributed by atoms with Gasteiger partial charge in [-0.3, -0.25) is 13.6 Å². The highest BCUT2D eigenvalue weighted by Crippen LogP contribution is 2.49. The van der Waals surface area contributed by atoms with Crippen LogP contribution in [0.25, 0.3) is 0 Å². The van der Waals surface area contributed by atoms with Gasteiger partial charge in [0.2, 0.25) is 0 Å². The van der Waals surface area contributed by atoms with Gasteiger partial charge in [0, 0.05) is 13.2 Å². The number of aliphatic hydroxyl groups excluding tert-OH is 2. The van der Waals surface area contributed by atoms with Gasteiger partial charge in [0.15, 0.2) is 0 Å². The van der Waals surface area contributed by atoms with Gasteiger partial charge in [-0.1, -0.05) is 76.9 Å². The van der Waals surface area contributed by atoms with Crippen LogP contribution in [0.15, 0.2) is 12.2 Å². The molecule has 0 spiro atoms. The monoisotopic (exact) mass is 464 g/mol. The number of phosphoric acid groups is 1. The van der Waals surface area contributed by atoms with E-state index in [2.05, 4.69) is 19.1 Å². The van der Waals surface area contributed by atoms with Crippen LogP contribution in [0.2, 0.25) is 0 Å². The molecule has 0 aliphatic carbocycles. The molecule has 0 amide bonds. The number of unbranched alkanes of at least 4 members (excludes halogenated alkanes) is 12. The molecule has 0 rings (SSSR count). The first kappa shape index (κ1) is 30.8. The molecule has 0 atom stereocenters. The van der Waals surface area contributed by atoms with Gasteiger partial charge >= 0.3 is 7.82 Å². The normalized spacial score (nSPS) is 12.2. The average Bonchev–Trinajstić information content (AvgIpc) is 2.76. The standard InChI is InChI=1S/C24H49O6P/c1-2-3-4-5-6-7-8-9-10-11-12-13-14-15-16-17-22-28-31(27,29-23-18-20-25)30-24-19-21-26/h9-10,25-26H,2-8,11-24H2,1H3. The molecule has 186 valence electrons. The van der Waals surface area contributed by atoms with Crippen LogP contribution in [0, 0.1) is 0 Å². The number of aliphatic hydroxyl groups is 2. The van der Waals surface area contributed by atoms with Crippen LogP contribution in [0.4, 0.5) is 0 Å². The first-order valence-electron chi connectivity index (χ1n) is 12.6. The summed E-state index contributed by atoms with van der Waals surface area (Å²) in [5.74, 6) is 0. The Bertz CT molecular complexity index is 416. The first-order valence-corrected chi connectivity index (χ1v) is 14.0. The van der Waals surface area contributed by atoms with E-state index >= 15 is 0 Å². The van der Waals surface area contributed by atoms with Gasteiger partial charge in [-0.25, -0.2) is 4.57 Å². The Morgan fingerprint density at radius 3 is 1.42 bits per heavy atom. The van der Waals surface area contributed by atoms with Crippen molar-refractivity contribution in [2.45, 2.75) is 110 Å². The minimum absolute atomic E-state index is 0.0362. The average molecular weight is 465 g/mol. The van der Waals surface area contributed by atoms with E-state index in [9.17, 15) is 4.57 Å². The Labute approximate surface area is 191 Å². The molecule has 0 aromatic carbocycles. The third-order valence-electron chi connectivity index (χ3n) is 5.01. The molecule has 0 unspecified atom stereocenters. The van der Waals surface area contributed by atoms with Crippen molar-refractivity contribution < 1.29 is 28.3 Å². The maximum absolute atomic E-state index is 12.5. The Morgan fingerprint density at radius 1 is 0.581 bits per heavy atom. The second kappa shape index (κ2) is 24.4. The van der Waals surface area contributed by atoms with Gasteiger partial charge < -0.3 is 10.2 Å². The van der Waals surface area contributed by atoms with Crippen molar-refractivity contribution in [1.82, 2.24) is 0 Å².